The highest BCUT2D eigenvalue weighted by Crippen LogP contribution is 2.50. The Balaban J connectivity index is 2.03. The number of halogens is 1. The van der Waals surface area contributed by atoms with Gasteiger partial charge in [-0.25, -0.2) is 0 Å². The number of nitrogens with zero attached hydrogens (tertiary/aromatic N) is 4. The van der Waals surface area contributed by atoms with Crippen LogP contribution in [0.2, 0.25) is 5.02 Å². The molecule has 0 atom stereocenters. The van der Waals surface area contributed by atoms with Crippen LogP contribution in [0.15, 0.2) is 84.8 Å². The largest absolute Gasteiger partial charge is 0.505 e. The van der Waals surface area contributed by atoms with Crippen molar-refractivity contribution in [3.05, 3.63) is 65.2 Å². The number of azo groups is 2. The van der Waals surface area contributed by atoms with Crippen molar-refractivity contribution in [2.75, 3.05) is 0 Å². The SMILES string of the molecule is CC(=O)c1cccc(N=Nc2c(S(=O)(=O)O)cc3cc(S(=O)(=O)O)c(N=Nc4ccc(Cl)cc4P(=O)(O)O)c(O)c3c2O)c1. The summed E-state index contributed by atoms with van der Waals surface area (Å²) in [5.41, 5.74) is -2.25. The molecule has 6 N–H and O–H groups in total. The van der Waals surface area contributed by atoms with Crippen LogP contribution >= 0.6 is 19.2 Å². The maximum absolute atomic E-state index is 12.2. The van der Waals surface area contributed by atoms with Gasteiger partial charge in [-0.2, -0.15) is 21.9 Å². The summed E-state index contributed by atoms with van der Waals surface area (Å²) in [5, 5.41) is 34.6. The fourth-order valence-corrected chi connectivity index (χ4v) is 6.15. The van der Waals surface area contributed by atoms with E-state index in [2.05, 4.69) is 20.5 Å². The Kier molecular flexibility index (Phi) is 8.76. The van der Waals surface area contributed by atoms with Crippen LogP contribution in [0.1, 0.15) is 17.3 Å². The molecule has 0 unspecified atom stereocenters. The van der Waals surface area contributed by atoms with Crippen LogP contribution in [0.3, 0.4) is 0 Å². The monoisotopic (exact) mass is 684 g/mol. The van der Waals surface area contributed by atoms with Gasteiger partial charge in [0.1, 0.15) is 26.9 Å². The third-order valence-corrected chi connectivity index (χ3v) is 8.79. The Bertz CT molecular complexity index is 2200. The predicted octanol–water partition coefficient (Wildman–Crippen LogP) is 5.23. The number of phenolic OH excluding ortho intramolecular Hbond substituents is 2. The number of rotatable bonds is 8. The van der Waals surface area contributed by atoms with Crippen LogP contribution in [0.25, 0.3) is 10.8 Å². The van der Waals surface area contributed by atoms with Gasteiger partial charge >= 0.3 is 7.60 Å². The van der Waals surface area contributed by atoms with Crippen molar-refractivity contribution >= 4 is 84.0 Å². The van der Waals surface area contributed by atoms with Crippen LogP contribution in [0, 0.1) is 0 Å². The highest BCUT2D eigenvalue weighted by molar-refractivity contribution is 7.86. The number of carbonyl (C=O) groups is 1. The summed E-state index contributed by atoms with van der Waals surface area (Å²) < 4.78 is 80.4. The molecule has 230 valence electrons. The van der Waals surface area contributed by atoms with Gasteiger partial charge in [0, 0.05) is 10.6 Å². The van der Waals surface area contributed by atoms with E-state index in [9.17, 15) is 55.3 Å². The molecule has 16 nitrogen and oxygen atoms in total. The van der Waals surface area contributed by atoms with Gasteiger partial charge in [0.25, 0.3) is 20.2 Å². The van der Waals surface area contributed by atoms with E-state index in [-0.39, 0.29) is 22.1 Å². The lowest BCUT2D eigenvalue weighted by molar-refractivity contribution is 0.101. The Morgan fingerprint density at radius 3 is 1.84 bits per heavy atom. The topological polar surface area (TPSA) is 273 Å². The average molecular weight is 685 g/mol. The summed E-state index contributed by atoms with van der Waals surface area (Å²) in [7, 11) is -15.5. The summed E-state index contributed by atoms with van der Waals surface area (Å²) in [6.45, 7) is 1.28. The normalized spacial score (nSPS) is 12.9. The average Bonchev–Trinajstić information content (AvgIpc) is 2.90. The highest BCUT2D eigenvalue weighted by atomic mass is 35.5. The quantitative estimate of drug-likeness (QED) is 0.0602. The second-order valence-corrected chi connectivity index (χ2v) is 13.7. The van der Waals surface area contributed by atoms with Gasteiger partial charge in [-0.15, -0.1) is 15.3 Å². The molecule has 4 rings (SSSR count). The number of benzene rings is 4. The third kappa shape index (κ3) is 6.82. The summed E-state index contributed by atoms with van der Waals surface area (Å²) in [4.78, 5) is 28.7. The van der Waals surface area contributed by atoms with Crippen molar-refractivity contribution in [3.8, 4) is 11.5 Å². The number of carbonyl (C=O) groups excluding carboxylic acids is 1. The molecule has 0 heterocycles. The standard InChI is InChI=1S/C24H18ClN4O12PS2/c1-11(30)12-3-2-4-15(7-12)26-28-21-18(43(36,37)38)8-13-9-19(44(39,40)41)22(24(32)20(13)23(21)31)29-27-16-6-5-14(25)10-17(16)42(33,34)35/h2-10,31-32H,1H3,(H2,33,34,35)(H,36,37,38)(H,39,40,41). The van der Waals surface area contributed by atoms with Crippen molar-refractivity contribution in [2.45, 2.75) is 16.7 Å². The minimum absolute atomic E-state index is 0.0164. The second-order valence-electron chi connectivity index (χ2n) is 8.88. The van der Waals surface area contributed by atoms with E-state index in [0.717, 1.165) is 12.1 Å². The molecule has 0 aliphatic carbocycles. The van der Waals surface area contributed by atoms with Gasteiger partial charge in [0.2, 0.25) is 0 Å². The molecule has 20 heteroatoms. The summed E-state index contributed by atoms with van der Waals surface area (Å²) >= 11 is 5.79. The van der Waals surface area contributed by atoms with Crippen LogP contribution < -0.4 is 5.30 Å². The van der Waals surface area contributed by atoms with E-state index in [1.54, 1.807) is 0 Å². The Morgan fingerprint density at radius 1 is 0.795 bits per heavy atom. The number of fused-ring (bicyclic) bond motifs is 1. The number of phenols is 2. The van der Waals surface area contributed by atoms with Gasteiger partial charge in [-0.3, -0.25) is 18.5 Å². The lowest BCUT2D eigenvalue weighted by Gasteiger charge is -2.13. The zero-order chi connectivity index (χ0) is 32.8. The molecule has 0 amide bonds. The van der Waals surface area contributed by atoms with Crippen LogP contribution in [-0.4, -0.2) is 51.7 Å². The zero-order valence-corrected chi connectivity index (χ0v) is 25.0. The number of hydrogen-bond acceptors (Lipinski definition) is 12. The molecule has 0 aliphatic heterocycles. The highest BCUT2D eigenvalue weighted by Gasteiger charge is 2.29. The van der Waals surface area contributed by atoms with E-state index in [1.165, 1.54) is 37.3 Å². The van der Waals surface area contributed by atoms with Crippen LogP contribution in [0.4, 0.5) is 22.7 Å². The minimum atomic E-state index is -5.28. The first-order chi connectivity index (χ1) is 20.3. The maximum atomic E-state index is 12.2. The molecule has 0 saturated heterocycles. The van der Waals surface area contributed by atoms with Crippen molar-refractivity contribution in [1.29, 1.82) is 0 Å². The zero-order valence-electron chi connectivity index (χ0n) is 21.8. The summed E-state index contributed by atoms with van der Waals surface area (Å²) in [5.74, 6) is -2.69. The van der Waals surface area contributed by atoms with Crippen molar-refractivity contribution in [1.82, 2.24) is 0 Å². The molecule has 0 aromatic heterocycles. The number of ketones is 1. The maximum Gasteiger partial charge on any atom is 0.358 e. The Labute approximate surface area is 252 Å². The van der Waals surface area contributed by atoms with Crippen molar-refractivity contribution < 1.29 is 55.3 Å². The first-order valence-corrected chi connectivity index (χ1v) is 16.5. The second kappa shape index (κ2) is 11.8. The van der Waals surface area contributed by atoms with Gasteiger partial charge in [-0.1, -0.05) is 23.7 Å². The third-order valence-electron chi connectivity index (χ3n) is 5.83. The van der Waals surface area contributed by atoms with Gasteiger partial charge in [-0.05, 0) is 54.8 Å². The molecule has 0 saturated carbocycles. The van der Waals surface area contributed by atoms with E-state index < -0.39 is 82.3 Å². The molecule has 0 spiro atoms. The first kappa shape index (κ1) is 32.8. The van der Waals surface area contributed by atoms with Gasteiger partial charge < -0.3 is 20.0 Å². The van der Waals surface area contributed by atoms with E-state index in [0.29, 0.717) is 12.1 Å². The molecule has 0 bridgehead atoms. The van der Waals surface area contributed by atoms with E-state index in [4.69, 9.17) is 11.6 Å². The van der Waals surface area contributed by atoms with E-state index >= 15 is 0 Å². The minimum Gasteiger partial charge on any atom is -0.505 e. The van der Waals surface area contributed by atoms with Gasteiger partial charge in [0.15, 0.2) is 17.3 Å². The fourth-order valence-electron chi connectivity index (χ4n) is 3.86. The molecule has 4 aromatic rings. The van der Waals surface area contributed by atoms with Crippen LogP contribution in [-0.2, 0) is 24.8 Å². The van der Waals surface area contributed by atoms with Gasteiger partial charge in [0.05, 0.1) is 16.4 Å². The predicted molar refractivity (Wildman–Crippen MR) is 155 cm³/mol. The smallest absolute Gasteiger partial charge is 0.358 e. The molecule has 44 heavy (non-hydrogen) atoms. The molecule has 4 aromatic carbocycles. The number of aromatic hydroxyl groups is 2. The van der Waals surface area contributed by atoms with E-state index in [1.807, 2.05) is 0 Å². The number of hydrogen-bond donors (Lipinski definition) is 6. The van der Waals surface area contributed by atoms with Crippen molar-refractivity contribution in [2.24, 2.45) is 20.5 Å². The lowest BCUT2D eigenvalue weighted by Crippen LogP contribution is -2.04. The molecular weight excluding hydrogens is 667 g/mol. The Hall–Kier alpha value is -4.13. The van der Waals surface area contributed by atoms with Crippen LogP contribution in [0.5, 0.6) is 11.5 Å². The molecular formula is C24H18ClN4O12PS2. The molecule has 0 aliphatic rings. The lowest BCUT2D eigenvalue weighted by atomic mass is 10.1. The summed E-state index contributed by atoms with van der Waals surface area (Å²) in [6, 6.07) is 9.81. The first-order valence-electron chi connectivity index (χ1n) is 11.6. The summed E-state index contributed by atoms with van der Waals surface area (Å²) in [6.07, 6.45) is 0. The van der Waals surface area contributed by atoms with Crippen molar-refractivity contribution in [3.63, 3.8) is 0 Å². The fraction of sp³-hybridized carbons (Fsp3) is 0.0417. The molecule has 0 radical (unpaired) electrons. The molecule has 0 fully saturated rings. The Morgan fingerprint density at radius 2 is 1.34 bits per heavy atom. The number of Topliss-reactive ketones (excluding diaryl/α,β-unsaturated/α-hetero) is 1.